The Labute approximate surface area is 197 Å². The minimum Gasteiger partial charge on any atom is -0.457 e. The molecule has 8 heteroatoms. The fourth-order valence-electron chi connectivity index (χ4n) is 3.20. The molecule has 7 nitrogen and oxygen atoms in total. The number of ether oxygens (including phenoxy) is 1. The summed E-state index contributed by atoms with van der Waals surface area (Å²) in [6.07, 6.45) is 4.40. The van der Waals surface area contributed by atoms with E-state index in [0.717, 1.165) is 35.3 Å². The van der Waals surface area contributed by atoms with Crippen LogP contribution < -0.4 is 10.1 Å². The topological polar surface area (TPSA) is 81.9 Å². The van der Waals surface area contributed by atoms with Crippen LogP contribution in [0.3, 0.4) is 0 Å². The van der Waals surface area contributed by atoms with Crippen molar-refractivity contribution in [1.82, 2.24) is 19.7 Å². The summed E-state index contributed by atoms with van der Waals surface area (Å²) in [4.78, 5) is 16.9. The first-order valence-corrected chi connectivity index (χ1v) is 11.7. The molecule has 0 fully saturated rings. The summed E-state index contributed by atoms with van der Waals surface area (Å²) in [5.74, 6) is 2.15. The Kier molecular flexibility index (Phi) is 7.36. The van der Waals surface area contributed by atoms with Crippen molar-refractivity contribution in [1.29, 1.82) is 0 Å². The lowest BCUT2D eigenvalue weighted by atomic mass is 10.2. The predicted octanol–water partition coefficient (Wildman–Crippen LogP) is 5.66. The Hall–Kier alpha value is -3.65. The van der Waals surface area contributed by atoms with E-state index in [1.165, 1.54) is 11.8 Å². The van der Waals surface area contributed by atoms with Gasteiger partial charge in [0.15, 0.2) is 11.0 Å². The van der Waals surface area contributed by atoms with Gasteiger partial charge >= 0.3 is 0 Å². The largest absolute Gasteiger partial charge is 0.457 e. The van der Waals surface area contributed by atoms with Crippen molar-refractivity contribution in [2.24, 2.45) is 0 Å². The number of rotatable bonds is 9. The third-order valence-electron chi connectivity index (χ3n) is 4.85. The first-order valence-electron chi connectivity index (χ1n) is 10.8. The first kappa shape index (κ1) is 22.5. The molecule has 0 aliphatic heterocycles. The quantitative estimate of drug-likeness (QED) is 0.325. The number of thioether (sulfide) groups is 1. The Balaban J connectivity index is 1.40. The highest BCUT2D eigenvalue weighted by Gasteiger charge is 2.21. The monoisotopic (exact) mass is 459 g/mol. The number of carbonyl (C=O) groups excluding carboxylic acids is 1. The SMILES string of the molecule is CCCn1c(SC(C)C(=O)Nc2ccc(Oc3ccccc3)cc2)nnc1-c1ccncc1. The second kappa shape index (κ2) is 10.8. The average Bonchev–Trinajstić information content (AvgIpc) is 3.24. The molecule has 1 amide bonds. The molecule has 0 radical (unpaired) electrons. The van der Waals surface area contributed by atoms with Crippen LogP contribution in [0.5, 0.6) is 11.5 Å². The van der Waals surface area contributed by atoms with Crippen molar-refractivity contribution in [3.05, 3.63) is 79.1 Å². The lowest BCUT2D eigenvalue weighted by molar-refractivity contribution is -0.115. The third-order valence-corrected chi connectivity index (χ3v) is 5.94. The fourth-order valence-corrected chi connectivity index (χ4v) is 4.08. The highest BCUT2D eigenvalue weighted by atomic mass is 32.2. The molecule has 168 valence electrons. The van der Waals surface area contributed by atoms with Gasteiger partial charge in [0.05, 0.1) is 5.25 Å². The Morgan fingerprint density at radius 3 is 2.39 bits per heavy atom. The molecule has 0 saturated heterocycles. The van der Waals surface area contributed by atoms with Gasteiger partial charge in [-0.25, -0.2) is 0 Å². The molecule has 33 heavy (non-hydrogen) atoms. The number of nitrogens with one attached hydrogen (secondary N) is 1. The van der Waals surface area contributed by atoms with Gasteiger partial charge in [0, 0.05) is 30.2 Å². The van der Waals surface area contributed by atoms with Crippen molar-refractivity contribution >= 4 is 23.4 Å². The van der Waals surface area contributed by atoms with Crippen LogP contribution in [-0.2, 0) is 11.3 Å². The van der Waals surface area contributed by atoms with Gasteiger partial charge in [-0.05, 0) is 61.9 Å². The number of nitrogens with zero attached hydrogens (tertiary/aromatic N) is 4. The van der Waals surface area contributed by atoms with E-state index >= 15 is 0 Å². The molecule has 4 aromatic rings. The number of hydrogen-bond donors (Lipinski definition) is 1. The van der Waals surface area contributed by atoms with E-state index in [9.17, 15) is 4.79 Å². The molecule has 0 bridgehead atoms. The molecule has 4 rings (SSSR count). The molecular weight excluding hydrogens is 434 g/mol. The Morgan fingerprint density at radius 1 is 1.00 bits per heavy atom. The molecule has 0 aliphatic rings. The zero-order valence-electron chi connectivity index (χ0n) is 18.5. The van der Waals surface area contributed by atoms with Crippen LogP contribution in [0.1, 0.15) is 20.3 Å². The number of hydrogen-bond acceptors (Lipinski definition) is 6. The highest BCUT2D eigenvalue weighted by Crippen LogP contribution is 2.28. The van der Waals surface area contributed by atoms with Crippen LogP contribution in [0.15, 0.2) is 84.3 Å². The highest BCUT2D eigenvalue weighted by molar-refractivity contribution is 8.00. The van der Waals surface area contributed by atoms with E-state index < -0.39 is 0 Å². The van der Waals surface area contributed by atoms with Gasteiger partial charge in [0.25, 0.3) is 0 Å². The van der Waals surface area contributed by atoms with Crippen molar-refractivity contribution in [3.63, 3.8) is 0 Å². The summed E-state index contributed by atoms with van der Waals surface area (Å²) in [6.45, 7) is 4.74. The summed E-state index contributed by atoms with van der Waals surface area (Å²) in [7, 11) is 0. The van der Waals surface area contributed by atoms with Crippen molar-refractivity contribution in [2.75, 3.05) is 5.32 Å². The molecule has 1 N–H and O–H groups in total. The zero-order chi connectivity index (χ0) is 23.0. The number of aromatic nitrogens is 4. The van der Waals surface area contributed by atoms with E-state index in [1.54, 1.807) is 12.4 Å². The minimum atomic E-state index is -0.352. The van der Waals surface area contributed by atoms with Crippen LogP contribution in [0.25, 0.3) is 11.4 Å². The van der Waals surface area contributed by atoms with Gasteiger partial charge in [-0.2, -0.15) is 0 Å². The van der Waals surface area contributed by atoms with E-state index in [4.69, 9.17) is 4.74 Å². The van der Waals surface area contributed by atoms with E-state index in [2.05, 4.69) is 32.0 Å². The summed E-state index contributed by atoms with van der Waals surface area (Å²) in [5.41, 5.74) is 1.66. The zero-order valence-corrected chi connectivity index (χ0v) is 19.3. The smallest absolute Gasteiger partial charge is 0.237 e. The lowest BCUT2D eigenvalue weighted by Gasteiger charge is -2.14. The molecule has 0 aliphatic carbocycles. The summed E-state index contributed by atoms with van der Waals surface area (Å²) in [5, 5.41) is 12.0. The minimum absolute atomic E-state index is 0.103. The molecule has 0 saturated carbocycles. The molecule has 1 unspecified atom stereocenters. The standard InChI is InChI=1S/C25H25N5O2S/c1-3-17-30-23(19-13-15-26-16-14-19)28-29-25(30)33-18(2)24(31)27-20-9-11-22(12-10-20)32-21-7-5-4-6-8-21/h4-16,18H,3,17H2,1-2H3,(H,27,31). The number of carbonyl (C=O) groups is 1. The van der Waals surface area contributed by atoms with Crippen LogP contribution in [0.2, 0.25) is 0 Å². The number of anilines is 1. The van der Waals surface area contributed by atoms with E-state index in [-0.39, 0.29) is 11.2 Å². The third kappa shape index (κ3) is 5.78. The first-order chi connectivity index (χ1) is 16.1. The summed E-state index contributed by atoms with van der Waals surface area (Å²) in [6, 6.07) is 20.7. The van der Waals surface area contributed by atoms with Crippen molar-refractivity contribution in [2.45, 2.75) is 37.2 Å². The number of pyridine rings is 1. The van der Waals surface area contributed by atoms with Crippen LogP contribution >= 0.6 is 11.8 Å². The maximum atomic E-state index is 12.8. The van der Waals surface area contributed by atoms with E-state index in [1.807, 2.05) is 73.7 Å². The van der Waals surface area contributed by atoms with Gasteiger partial charge in [0.1, 0.15) is 11.5 Å². The second-order valence-corrected chi connectivity index (χ2v) is 8.69. The second-order valence-electron chi connectivity index (χ2n) is 7.38. The van der Waals surface area contributed by atoms with Gasteiger partial charge in [-0.15, -0.1) is 10.2 Å². The number of amides is 1. The molecule has 1 atom stereocenters. The Morgan fingerprint density at radius 2 is 1.70 bits per heavy atom. The van der Waals surface area contributed by atoms with Crippen LogP contribution in [0, 0.1) is 0 Å². The normalized spacial score (nSPS) is 11.7. The Bertz CT molecular complexity index is 1180. The molecule has 2 heterocycles. The molecular formula is C25H25N5O2S. The van der Waals surface area contributed by atoms with Gasteiger partial charge in [0.2, 0.25) is 5.91 Å². The maximum absolute atomic E-state index is 12.8. The van der Waals surface area contributed by atoms with Crippen molar-refractivity contribution in [3.8, 4) is 22.9 Å². The molecule has 2 aromatic carbocycles. The number of benzene rings is 2. The molecule has 0 spiro atoms. The summed E-state index contributed by atoms with van der Waals surface area (Å²) < 4.78 is 7.86. The summed E-state index contributed by atoms with van der Waals surface area (Å²) >= 11 is 1.39. The fraction of sp³-hybridized carbons (Fsp3) is 0.200. The van der Waals surface area contributed by atoms with Gasteiger partial charge in [-0.3, -0.25) is 9.78 Å². The van der Waals surface area contributed by atoms with Crippen LogP contribution in [-0.4, -0.2) is 30.9 Å². The van der Waals surface area contributed by atoms with Crippen molar-refractivity contribution < 1.29 is 9.53 Å². The average molecular weight is 460 g/mol. The lowest BCUT2D eigenvalue weighted by Crippen LogP contribution is -2.23. The number of para-hydroxylation sites is 1. The van der Waals surface area contributed by atoms with Crippen LogP contribution in [0.4, 0.5) is 5.69 Å². The van der Waals surface area contributed by atoms with E-state index in [0.29, 0.717) is 11.4 Å². The van der Waals surface area contributed by atoms with Gasteiger partial charge in [-0.1, -0.05) is 36.9 Å². The molecule has 2 aromatic heterocycles. The predicted molar refractivity (Wildman–Crippen MR) is 130 cm³/mol. The maximum Gasteiger partial charge on any atom is 0.237 e. The van der Waals surface area contributed by atoms with Gasteiger partial charge < -0.3 is 14.6 Å².